The summed E-state index contributed by atoms with van der Waals surface area (Å²) < 4.78 is 18.1. The van der Waals surface area contributed by atoms with E-state index in [1.807, 2.05) is 0 Å². The van der Waals surface area contributed by atoms with Crippen LogP contribution in [-0.4, -0.2) is 23.9 Å². The van der Waals surface area contributed by atoms with Gasteiger partial charge in [-0.05, 0) is 42.0 Å². The van der Waals surface area contributed by atoms with E-state index in [4.69, 9.17) is 4.74 Å². The van der Waals surface area contributed by atoms with E-state index in [-0.39, 0.29) is 11.3 Å². The lowest BCUT2D eigenvalue weighted by Gasteiger charge is -2.13. The van der Waals surface area contributed by atoms with Gasteiger partial charge in [0.05, 0.1) is 18.7 Å². The molecule has 2 aromatic rings. The van der Waals surface area contributed by atoms with Crippen molar-refractivity contribution in [1.82, 2.24) is 5.32 Å². The summed E-state index contributed by atoms with van der Waals surface area (Å²) in [5.41, 5.74) is 0.824. The Labute approximate surface area is 137 Å². The van der Waals surface area contributed by atoms with Crippen LogP contribution in [0.4, 0.5) is 4.39 Å². The number of carbonyl (C=O) groups excluding carboxylic acids is 2. The number of nitrogens with one attached hydrogen (secondary N) is 1. The van der Waals surface area contributed by atoms with Gasteiger partial charge >= 0.3 is 0 Å². The quantitative estimate of drug-likeness (QED) is 0.516. The van der Waals surface area contributed by atoms with E-state index in [1.54, 1.807) is 24.3 Å². The third-order valence-electron chi connectivity index (χ3n) is 3.84. The first-order valence-electron chi connectivity index (χ1n) is 7.19. The summed E-state index contributed by atoms with van der Waals surface area (Å²) in [6.07, 6.45) is 0. The largest absolute Gasteiger partial charge is 0.507 e. The van der Waals surface area contributed by atoms with Gasteiger partial charge in [0.1, 0.15) is 17.3 Å². The molecule has 1 aliphatic rings. The van der Waals surface area contributed by atoms with Gasteiger partial charge in [0.15, 0.2) is 0 Å². The predicted molar refractivity (Wildman–Crippen MR) is 84.8 cm³/mol. The van der Waals surface area contributed by atoms with E-state index < -0.39 is 23.5 Å². The molecule has 0 aromatic heterocycles. The van der Waals surface area contributed by atoms with Gasteiger partial charge in [-0.2, -0.15) is 0 Å². The van der Waals surface area contributed by atoms with Crippen LogP contribution in [0.5, 0.6) is 5.75 Å². The maximum Gasteiger partial charge on any atom is 0.293 e. The molecule has 0 bridgehead atoms. The van der Waals surface area contributed by atoms with Gasteiger partial charge in [-0.1, -0.05) is 12.1 Å². The number of ether oxygens (including phenoxy) is 1. The Morgan fingerprint density at radius 1 is 1.08 bits per heavy atom. The lowest BCUT2D eigenvalue weighted by molar-refractivity contribution is -0.133. The van der Waals surface area contributed by atoms with Gasteiger partial charge in [0, 0.05) is 5.56 Å². The van der Waals surface area contributed by atoms with Crippen molar-refractivity contribution in [1.29, 1.82) is 0 Å². The van der Waals surface area contributed by atoms with Crippen molar-refractivity contribution in [3.8, 4) is 5.75 Å². The van der Waals surface area contributed by atoms with E-state index in [9.17, 15) is 19.1 Å². The average molecular weight is 327 g/mol. The molecule has 1 unspecified atom stereocenters. The number of halogens is 1. The fraction of sp³-hybridized carbons (Fsp3) is 0.111. The van der Waals surface area contributed by atoms with Crippen LogP contribution < -0.4 is 10.1 Å². The minimum absolute atomic E-state index is 0.0585. The van der Waals surface area contributed by atoms with Crippen molar-refractivity contribution >= 4 is 17.4 Å². The maximum absolute atomic E-state index is 13.1. The summed E-state index contributed by atoms with van der Waals surface area (Å²) in [7, 11) is 1.51. The molecule has 0 spiro atoms. The molecule has 1 saturated heterocycles. The first-order chi connectivity index (χ1) is 11.5. The molecule has 1 atom stereocenters. The zero-order chi connectivity index (χ0) is 17.3. The van der Waals surface area contributed by atoms with Crippen molar-refractivity contribution in [2.24, 2.45) is 0 Å². The van der Waals surface area contributed by atoms with Crippen LogP contribution in [0.1, 0.15) is 17.2 Å². The molecule has 1 fully saturated rings. The van der Waals surface area contributed by atoms with Gasteiger partial charge < -0.3 is 15.2 Å². The summed E-state index contributed by atoms with van der Waals surface area (Å²) in [4.78, 5) is 23.9. The Kier molecular flexibility index (Phi) is 4.04. The summed E-state index contributed by atoms with van der Waals surface area (Å²) in [6.45, 7) is 0. The fourth-order valence-corrected chi connectivity index (χ4v) is 2.58. The van der Waals surface area contributed by atoms with Crippen molar-refractivity contribution in [3.05, 3.63) is 71.0 Å². The van der Waals surface area contributed by atoms with E-state index in [2.05, 4.69) is 5.32 Å². The molecule has 5 nitrogen and oxygen atoms in total. The highest BCUT2D eigenvalue weighted by Crippen LogP contribution is 2.33. The molecule has 3 rings (SSSR count). The summed E-state index contributed by atoms with van der Waals surface area (Å²) in [5.74, 6) is -1.75. The molecule has 1 amide bonds. The maximum atomic E-state index is 13.1. The Morgan fingerprint density at radius 3 is 2.29 bits per heavy atom. The van der Waals surface area contributed by atoms with Crippen LogP contribution in [0.25, 0.3) is 5.76 Å². The van der Waals surface area contributed by atoms with E-state index in [0.29, 0.717) is 16.9 Å². The number of Topliss-reactive ketones (excluding diaryl/α,β-unsaturated/α-hetero) is 1. The second-order valence-corrected chi connectivity index (χ2v) is 5.28. The lowest BCUT2D eigenvalue weighted by Crippen LogP contribution is -2.21. The third kappa shape index (κ3) is 2.74. The third-order valence-corrected chi connectivity index (χ3v) is 3.84. The van der Waals surface area contributed by atoms with Crippen LogP contribution in [-0.2, 0) is 9.59 Å². The SMILES string of the molecule is COc1ccc(/C(O)=C2\C(=O)C(=O)NC2c2ccc(F)cc2)cc1. The molecule has 24 heavy (non-hydrogen) atoms. The zero-order valence-electron chi connectivity index (χ0n) is 12.7. The molecule has 1 heterocycles. The van der Waals surface area contributed by atoms with Crippen molar-refractivity contribution < 1.29 is 23.8 Å². The first-order valence-corrected chi connectivity index (χ1v) is 7.19. The number of rotatable bonds is 3. The summed E-state index contributed by atoms with van der Waals surface area (Å²) in [5, 5.41) is 13.0. The minimum atomic E-state index is -0.826. The molecule has 0 radical (unpaired) electrons. The van der Waals surface area contributed by atoms with Crippen LogP contribution in [0.3, 0.4) is 0 Å². The number of aliphatic hydroxyl groups is 1. The first kappa shape index (κ1) is 15.7. The fourth-order valence-electron chi connectivity index (χ4n) is 2.58. The Hall–Kier alpha value is -3.15. The van der Waals surface area contributed by atoms with Gasteiger partial charge in [0.25, 0.3) is 11.7 Å². The highest BCUT2D eigenvalue weighted by Gasteiger charge is 2.39. The molecular weight excluding hydrogens is 313 g/mol. The monoisotopic (exact) mass is 327 g/mol. The summed E-state index contributed by atoms with van der Waals surface area (Å²) >= 11 is 0. The number of carbonyl (C=O) groups is 2. The standard InChI is InChI=1S/C18H14FNO4/c1-24-13-8-4-11(5-9-13)16(21)14-15(20-18(23)17(14)22)10-2-6-12(19)7-3-10/h2-9,15,21H,1H3,(H,20,23)/b16-14+. The lowest BCUT2D eigenvalue weighted by atomic mass is 9.96. The Morgan fingerprint density at radius 2 is 1.71 bits per heavy atom. The highest BCUT2D eigenvalue weighted by atomic mass is 19.1. The molecule has 2 N–H and O–H groups in total. The topological polar surface area (TPSA) is 75.6 Å². The average Bonchev–Trinajstić information content (AvgIpc) is 2.90. The number of amides is 1. The Balaban J connectivity index is 2.07. The molecule has 1 aliphatic heterocycles. The van der Waals surface area contributed by atoms with Gasteiger partial charge in [0.2, 0.25) is 0 Å². The highest BCUT2D eigenvalue weighted by molar-refractivity contribution is 6.46. The van der Waals surface area contributed by atoms with Crippen LogP contribution in [0, 0.1) is 5.82 Å². The summed E-state index contributed by atoms with van der Waals surface area (Å²) in [6, 6.07) is 11.0. The zero-order valence-corrected chi connectivity index (χ0v) is 12.7. The number of benzene rings is 2. The second kappa shape index (κ2) is 6.16. The van der Waals surface area contributed by atoms with Gasteiger partial charge in [-0.3, -0.25) is 9.59 Å². The normalized spacial score (nSPS) is 19.2. The van der Waals surface area contributed by atoms with Gasteiger partial charge in [-0.25, -0.2) is 4.39 Å². The molecule has 6 heteroatoms. The van der Waals surface area contributed by atoms with E-state index >= 15 is 0 Å². The van der Waals surface area contributed by atoms with Crippen molar-refractivity contribution in [2.75, 3.05) is 7.11 Å². The number of hydrogen-bond acceptors (Lipinski definition) is 4. The number of aliphatic hydroxyl groups excluding tert-OH is 1. The molecular formula is C18H14FNO4. The van der Waals surface area contributed by atoms with Gasteiger partial charge in [-0.15, -0.1) is 0 Å². The van der Waals surface area contributed by atoms with Crippen molar-refractivity contribution in [3.63, 3.8) is 0 Å². The van der Waals surface area contributed by atoms with Crippen LogP contribution in [0.15, 0.2) is 54.1 Å². The van der Waals surface area contributed by atoms with Crippen LogP contribution >= 0.6 is 0 Å². The van der Waals surface area contributed by atoms with E-state index in [0.717, 1.165) is 0 Å². The number of ketones is 1. The molecule has 122 valence electrons. The van der Waals surface area contributed by atoms with Crippen molar-refractivity contribution in [2.45, 2.75) is 6.04 Å². The van der Waals surface area contributed by atoms with E-state index in [1.165, 1.54) is 31.4 Å². The number of hydrogen-bond donors (Lipinski definition) is 2. The second-order valence-electron chi connectivity index (χ2n) is 5.28. The number of methoxy groups -OCH3 is 1. The molecule has 0 saturated carbocycles. The van der Waals surface area contributed by atoms with Crippen LogP contribution in [0.2, 0.25) is 0 Å². The molecule has 0 aliphatic carbocycles. The Bertz CT molecular complexity index is 825. The minimum Gasteiger partial charge on any atom is -0.507 e. The smallest absolute Gasteiger partial charge is 0.293 e. The predicted octanol–water partition coefficient (Wildman–Crippen LogP) is 2.54. The molecule has 2 aromatic carbocycles.